The Morgan fingerprint density at radius 3 is 2.81 bits per heavy atom. The Hall–Kier alpha value is -2.82. The Balaban J connectivity index is 1.71. The number of carbonyl (C=O) groups excluding carboxylic acids is 1. The molecule has 0 spiro atoms. The van der Waals surface area contributed by atoms with E-state index < -0.39 is 0 Å². The summed E-state index contributed by atoms with van der Waals surface area (Å²) in [6.45, 7) is 0. The molecule has 21 heavy (non-hydrogen) atoms. The Labute approximate surface area is 122 Å². The number of hydrogen-bond acceptors (Lipinski definition) is 3. The van der Waals surface area contributed by atoms with Gasteiger partial charge in [-0.3, -0.25) is 14.5 Å². The van der Waals surface area contributed by atoms with Gasteiger partial charge in [0.1, 0.15) is 5.75 Å². The molecule has 106 valence electrons. The molecule has 0 radical (unpaired) electrons. The molecule has 0 bridgehead atoms. The fraction of sp³-hybridized carbons (Fsp3) is 0.125. The number of methoxy groups -OCH3 is 1. The number of hydrogen-bond donors (Lipinski definition) is 1. The lowest BCUT2D eigenvalue weighted by Gasteiger charge is -2.05. The molecule has 5 nitrogen and oxygen atoms in total. The topological polar surface area (TPSA) is 55.6 Å². The minimum absolute atomic E-state index is 0.100. The third kappa shape index (κ3) is 2.86. The van der Waals surface area contributed by atoms with Crippen LogP contribution in [0.3, 0.4) is 0 Å². The highest BCUT2D eigenvalue weighted by Crippen LogP contribution is 2.13. The molecule has 0 atom stereocenters. The Morgan fingerprint density at radius 1 is 1.24 bits per heavy atom. The van der Waals surface area contributed by atoms with Crippen molar-refractivity contribution in [1.29, 1.82) is 0 Å². The van der Waals surface area contributed by atoms with Gasteiger partial charge in [-0.05, 0) is 29.8 Å². The van der Waals surface area contributed by atoms with Crippen LogP contribution < -0.4 is 10.1 Å². The number of pyridine rings is 1. The van der Waals surface area contributed by atoms with E-state index in [2.05, 4.69) is 10.3 Å². The van der Waals surface area contributed by atoms with Crippen LogP contribution in [0.1, 0.15) is 5.56 Å². The Morgan fingerprint density at radius 2 is 2.05 bits per heavy atom. The van der Waals surface area contributed by atoms with Gasteiger partial charge in [-0.2, -0.15) is 0 Å². The summed E-state index contributed by atoms with van der Waals surface area (Å²) in [5, 5.41) is 2.82. The standard InChI is InChI=1S/C16H15N3O2/c1-21-14-7-5-12(6-8-14)10-15(20)18-16-17-11-13-4-2-3-9-19(13)16/h2-9,11H,10H2,1H3,(H,17,18,20). The van der Waals surface area contributed by atoms with Crippen molar-refractivity contribution in [1.82, 2.24) is 9.38 Å². The molecule has 1 amide bonds. The number of nitrogens with one attached hydrogen (secondary N) is 1. The van der Waals surface area contributed by atoms with E-state index in [1.165, 1.54) is 0 Å². The SMILES string of the molecule is COc1ccc(CC(=O)Nc2ncc3ccccn23)cc1. The van der Waals surface area contributed by atoms with E-state index in [1.807, 2.05) is 53.1 Å². The van der Waals surface area contributed by atoms with E-state index in [4.69, 9.17) is 4.74 Å². The lowest BCUT2D eigenvalue weighted by Crippen LogP contribution is -2.16. The smallest absolute Gasteiger partial charge is 0.231 e. The maximum absolute atomic E-state index is 12.1. The molecule has 0 aliphatic heterocycles. The summed E-state index contributed by atoms with van der Waals surface area (Å²) < 4.78 is 6.93. The molecule has 2 aromatic heterocycles. The lowest BCUT2D eigenvalue weighted by molar-refractivity contribution is -0.115. The van der Waals surface area contributed by atoms with E-state index in [0.717, 1.165) is 16.8 Å². The van der Waals surface area contributed by atoms with Crippen LogP contribution in [0.5, 0.6) is 5.75 Å². The summed E-state index contributed by atoms with van der Waals surface area (Å²) in [5.41, 5.74) is 1.87. The highest BCUT2D eigenvalue weighted by molar-refractivity contribution is 5.91. The molecule has 0 unspecified atom stereocenters. The minimum Gasteiger partial charge on any atom is -0.497 e. The van der Waals surface area contributed by atoms with Crippen molar-refractivity contribution in [2.24, 2.45) is 0 Å². The number of benzene rings is 1. The van der Waals surface area contributed by atoms with Gasteiger partial charge in [0, 0.05) is 6.20 Å². The molecule has 0 fully saturated rings. The van der Waals surface area contributed by atoms with E-state index in [-0.39, 0.29) is 5.91 Å². The van der Waals surface area contributed by atoms with Crippen LogP contribution in [0, 0.1) is 0 Å². The average molecular weight is 281 g/mol. The summed E-state index contributed by atoms with van der Waals surface area (Å²) in [6, 6.07) is 13.2. The van der Waals surface area contributed by atoms with Crippen molar-refractivity contribution in [3.05, 3.63) is 60.4 Å². The zero-order valence-electron chi connectivity index (χ0n) is 11.6. The molecule has 3 aromatic rings. The second-order valence-electron chi connectivity index (χ2n) is 4.65. The minimum atomic E-state index is -0.100. The van der Waals surface area contributed by atoms with Crippen molar-refractivity contribution in [2.75, 3.05) is 12.4 Å². The number of carbonyl (C=O) groups is 1. The zero-order chi connectivity index (χ0) is 14.7. The van der Waals surface area contributed by atoms with Crippen LogP contribution in [0.4, 0.5) is 5.95 Å². The van der Waals surface area contributed by atoms with E-state index in [0.29, 0.717) is 12.4 Å². The summed E-state index contributed by atoms with van der Waals surface area (Å²) in [5.74, 6) is 1.21. The molecule has 5 heteroatoms. The van der Waals surface area contributed by atoms with Crippen LogP contribution in [-0.2, 0) is 11.2 Å². The maximum atomic E-state index is 12.1. The molecule has 0 saturated carbocycles. The molecule has 0 aliphatic carbocycles. The average Bonchev–Trinajstić information content (AvgIpc) is 2.91. The highest BCUT2D eigenvalue weighted by Gasteiger charge is 2.08. The fourth-order valence-corrected chi connectivity index (χ4v) is 2.13. The molecule has 0 saturated heterocycles. The predicted molar refractivity (Wildman–Crippen MR) is 80.5 cm³/mol. The summed E-state index contributed by atoms with van der Waals surface area (Å²) in [4.78, 5) is 16.3. The molecule has 2 heterocycles. The Bertz CT molecular complexity index is 763. The van der Waals surface area contributed by atoms with Crippen LogP contribution in [0.2, 0.25) is 0 Å². The van der Waals surface area contributed by atoms with Gasteiger partial charge in [-0.1, -0.05) is 18.2 Å². The van der Waals surface area contributed by atoms with E-state index in [9.17, 15) is 4.79 Å². The van der Waals surface area contributed by atoms with Crippen LogP contribution in [-0.4, -0.2) is 22.4 Å². The normalized spacial score (nSPS) is 10.5. The molecule has 1 aromatic carbocycles. The quantitative estimate of drug-likeness (QED) is 0.799. The summed E-state index contributed by atoms with van der Waals surface area (Å²) in [7, 11) is 1.62. The molecule has 1 N–H and O–H groups in total. The first kappa shape index (κ1) is 13.2. The van der Waals surface area contributed by atoms with Crippen molar-refractivity contribution < 1.29 is 9.53 Å². The first-order chi connectivity index (χ1) is 10.3. The van der Waals surface area contributed by atoms with Crippen molar-refractivity contribution in [3.8, 4) is 5.75 Å². The van der Waals surface area contributed by atoms with Crippen LogP contribution >= 0.6 is 0 Å². The zero-order valence-corrected chi connectivity index (χ0v) is 11.6. The summed E-state index contributed by atoms with van der Waals surface area (Å²) >= 11 is 0. The maximum Gasteiger partial charge on any atom is 0.231 e. The van der Waals surface area contributed by atoms with E-state index >= 15 is 0 Å². The lowest BCUT2D eigenvalue weighted by atomic mass is 10.1. The third-order valence-corrected chi connectivity index (χ3v) is 3.21. The predicted octanol–water partition coefficient (Wildman–Crippen LogP) is 2.52. The second kappa shape index (κ2) is 5.66. The third-order valence-electron chi connectivity index (χ3n) is 3.21. The molecular formula is C16H15N3O2. The van der Waals surface area contributed by atoms with Crippen LogP contribution in [0.25, 0.3) is 5.52 Å². The van der Waals surface area contributed by atoms with Gasteiger partial charge in [0.25, 0.3) is 0 Å². The number of ether oxygens (including phenoxy) is 1. The number of anilines is 1. The molecule has 0 aliphatic rings. The van der Waals surface area contributed by atoms with Crippen molar-refractivity contribution >= 4 is 17.4 Å². The number of aromatic nitrogens is 2. The van der Waals surface area contributed by atoms with Gasteiger partial charge < -0.3 is 4.74 Å². The van der Waals surface area contributed by atoms with Gasteiger partial charge in [0.05, 0.1) is 25.2 Å². The number of fused-ring (bicyclic) bond motifs is 1. The number of imidazole rings is 1. The molecular weight excluding hydrogens is 266 g/mol. The van der Waals surface area contributed by atoms with Gasteiger partial charge in [0.15, 0.2) is 0 Å². The van der Waals surface area contributed by atoms with Gasteiger partial charge in [-0.15, -0.1) is 0 Å². The van der Waals surface area contributed by atoms with Gasteiger partial charge in [-0.25, -0.2) is 4.98 Å². The van der Waals surface area contributed by atoms with E-state index in [1.54, 1.807) is 13.3 Å². The monoisotopic (exact) mass is 281 g/mol. The Kier molecular flexibility index (Phi) is 3.55. The summed E-state index contributed by atoms with van der Waals surface area (Å²) in [6.07, 6.45) is 3.89. The van der Waals surface area contributed by atoms with Gasteiger partial charge in [0.2, 0.25) is 11.9 Å². The van der Waals surface area contributed by atoms with Crippen molar-refractivity contribution in [2.45, 2.75) is 6.42 Å². The second-order valence-corrected chi connectivity index (χ2v) is 4.65. The number of rotatable bonds is 4. The number of nitrogens with zero attached hydrogens (tertiary/aromatic N) is 2. The number of amides is 1. The fourth-order valence-electron chi connectivity index (χ4n) is 2.13. The first-order valence-electron chi connectivity index (χ1n) is 6.61. The van der Waals surface area contributed by atoms with Crippen LogP contribution in [0.15, 0.2) is 54.9 Å². The first-order valence-corrected chi connectivity index (χ1v) is 6.61. The largest absolute Gasteiger partial charge is 0.497 e. The van der Waals surface area contributed by atoms with Gasteiger partial charge >= 0.3 is 0 Å². The molecule has 3 rings (SSSR count). The highest BCUT2D eigenvalue weighted by atomic mass is 16.5. The van der Waals surface area contributed by atoms with Crippen molar-refractivity contribution in [3.63, 3.8) is 0 Å².